The van der Waals surface area contributed by atoms with Gasteiger partial charge in [-0.05, 0) is 37.6 Å². The van der Waals surface area contributed by atoms with Crippen LogP contribution >= 0.6 is 0 Å². The third kappa shape index (κ3) is 1.30. The van der Waals surface area contributed by atoms with Crippen LogP contribution in [-0.4, -0.2) is 19.3 Å². The summed E-state index contributed by atoms with van der Waals surface area (Å²) in [7, 11) is 0. The van der Waals surface area contributed by atoms with Gasteiger partial charge in [-0.2, -0.15) is 0 Å². The maximum Gasteiger partial charge on any atom is 0.0607 e. The Balaban J connectivity index is 2.00. The lowest BCUT2D eigenvalue weighted by molar-refractivity contribution is 0.0457. The molecule has 2 nitrogen and oxygen atoms in total. The first kappa shape index (κ1) is 7.56. The van der Waals surface area contributed by atoms with Crippen molar-refractivity contribution in [3.05, 3.63) is 0 Å². The molecular formula is C9H17NO. The van der Waals surface area contributed by atoms with Gasteiger partial charge in [0.05, 0.1) is 6.10 Å². The van der Waals surface area contributed by atoms with Gasteiger partial charge < -0.3 is 10.5 Å². The van der Waals surface area contributed by atoms with Crippen LogP contribution in [0.2, 0.25) is 0 Å². The van der Waals surface area contributed by atoms with Crippen LogP contribution in [0.4, 0.5) is 0 Å². The lowest BCUT2D eigenvalue weighted by Crippen LogP contribution is -2.33. The largest absolute Gasteiger partial charge is 0.378 e. The fraction of sp³-hybridized carbons (Fsp3) is 1.00. The van der Waals surface area contributed by atoms with Gasteiger partial charge in [0.1, 0.15) is 0 Å². The first-order valence-corrected chi connectivity index (χ1v) is 4.73. The van der Waals surface area contributed by atoms with Crippen LogP contribution in [0.3, 0.4) is 0 Å². The summed E-state index contributed by atoms with van der Waals surface area (Å²) in [6, 6.07) is 0. The molecular weight excluding hydrogens is 138 g/mol. The summed E-state index contributed by atoms with van der Waals surface area (Å²) in [6.07, 6.45) is 5.76. The molecule has 2 N–H and O–H groups in total. The molecule has 2 fully saturated rings. The van der Waals surface area contributed by atoms with Crippen molar-refractivity contribution in [3.63, 3.8) is 0 Å². The second-order valence-electron chi connectivity index (χ2n) is 3.79. The standard InChI is InChI=1S/C9H17NO/c10-6-7-2-1-3-9-8(7)4-5-11-9/h7-9H,1-6,10H2/t7-,8+,9+/m0/s1. The Morgan fingerprint density at radius 3 is 3.00 bits per heavy atom. The molecule has 0 aromatic rings. The Morgan fingerprint density at radius 2 is 2.18 bits per heavy atom. The number of rotatable bonds is 1. The molecule has 0 amide bonds. The second kappa shape index (κ2) is 3.11. The van der Waals surface area contributed by atoms with Crippen LogP contribution in [0.25, 0.3) is 0 Å². The molecule has 1 aliphatic carbocycles. The van der Waals surface area contributed by atoms with Gasteiger partial charge in [0.2, 0.25) is 0 Å². The zero-order valence-corrected chi connectivity index (χ0v) is 6.96. The molecule has 2 rings (SSSR count). The average molecular weight is 155 g/mol. The van der Waals surface area contributed by atoms with E-state index in [-0.39, 0.29) is 0 Å². The quantitative estimate of drug-likeness (QED) is 0.616. The zero-order valence-electron chi connectivity index (χ0n) is 6.96. The van der Waals surface area contributed by atoms with E-state index in [4.69, 9.17) is 10.5 Å². The second-order valence-corrected chi connectivity index (χ2v) is 3.79. The van der Waals surface area contributed by atoms with E-state index in [9.17, 15) is 0 Å². The Kier molecular flexibility index (Phi) is 2.14. The molecule has 0 bridgehead atoms. The van der Waals surface area contributed by atoms with E-state index >= 15 is 0 Å². The van der Waals surface area contributed by atoms with E-state index in [0.717, 1.165) is 25.0 Å². The highest BCUT2D eigenvalue weighted by Crippen LogP contribution is 2.37. The Hall–Kier alpha value is -0.0800. The Labute approximate surface area is 68.1 Å². The minimum Gasteiger partial charge on any atom is -0.378 e. The molecule has 1 saturated heterocycles. The van der Waals surface area contributed by atoms with Crippen molar-refractivity contribution in [3.8, 4) is 0 Å². The van der Waals surface area contributed by atoms with Gasteiger partial charge >= 0.3 is 0 Å². The first-order chi connectivity index (χ1) is 5.42. The molecule has 0 spiro atoms. The van der Waals surface area contributed by atoms with Gasteiger partial charge in [-0.25, -0.2) is 0 Å². The molecule has 0 aromatic heterocycles. The maximum atomic E-state index is 5.70. The third-order valence-electron chi connectivity index (χ3n) is 3.23. The van der Waals surface area contributed by atoms with E-state index in [1.54, 1.807) is 0 Å². The molecule has 64 valence electrons. The SMILES string of the molecule is NC[C@@H]1CCC[C@H]2OCC[C@H]12. The lowest BCUT2D eigenvalue weighted by atomic mass is 9.77. The van der Waals surface area contributed by atoms with Crippen LogP contribution in [0, 0.1) is 11.8 Å². The molecule has 0 aromatic carbocycles. The van der Waals surface area contributed by atoms with Crippen molar-refractivity contribution < 1.29 is 4.74 Å². The smallest absolute Gasteiger partial charge is 0.0607 e. The predicted octanol–water partition coefficient (Wildman–Crippen LogP) is 1.15. The molecule has 1 heterocycles. The van der Waals surface area contributed by atoms with Crippen LogP contribution < -0.4 is 5.73 Å². The van der Waals surface area contributed by atoms with Crippen molar-refractivity contribution in [2.75, 3.05) is 13.2 Å². The minimum atomic E-state index is 0.567. The molecule has 2 heteroatoms. The summed E-state index contributed by atoms with van der Waals surface area (Å²) in [5.74, 6) is 1.56. The number of hydrogen-bond acceptors (Lipinski definition) is 2. The third-order valence-corrected chi connectivity index (χ3v) is 3.23. The summed E-state index contributed by atoms with van der Waals surface area (Å²) >= 11 is 0. The van der Waals surface area contributed by atoms with Gasteiger partial charge in [0.25, 0.3) is 0 Å². The van der Waals surface area contributed by atoms with E-state index in [1.165, 1.54) is 25.7 Å². The summed E-state index contributed by atoms with van der Waals surface area (Å²) in [6.45, 7) is 1.84. The van der Waals surface area contributed by atoms with Crippen LogP contribution in [0.1, 0.15) is 25.7 Å². The summed E-state index contributed by atoms with van der Waals surface area (Å²) < 4.78 is 5.63. The van der Waals surface area contributed by atoms with E-state index < -0.39 is 0 Å². The normalized spacial score (nSPS) is 43.9. The predicted molar refractivity (Wildman–Crippen MR) is 44.2 cm³/mol. The summed E-state index contributed by atoms with van der Waals surface area (Å²) in [5.41, 5.74) is 5.70. The molecule has 1 aliphatic heterocycles. The van der Waals surface area contributed by atoms with Crippen molar-refractivity contribution in [2.45, 2.75) is 31.8 Å². The number of hydrogen-bond donors (Lipinski definition) is 1. The average Bonchev–Trinajstić information content (AvgIpc) is 2.50. The van der Waals surface area contributed by atoms with Crippen molar-refractivity contribution >= 4 is 0 Å². The lowest BCUT2D eigenvalue weighted by Gasteiger charge is -2.31. The van der Waals surface area contributed by atoms with Crippen molar-refractivity contribution in [2.24, 2.45) is 17.6 Å². The van der Waals surface area contributed by atoms with Crippen molar-refractivity contribution in [1.82, 2.24) is 0 Å². The van der Waals surface area contributed by atoms with E-state index in [2.05, 4.69) is 0 Å². The van der Waals surface area contributed by atoms with Crippen LogP contribution in [0.15, 0.2) is 0 Å². The number of ether oxygens (including phenoxy) is 1. The van der Waals surface area contributed by atoms with Gasteiger partial charge in [0, 0.05) is 6.61 Å². The summed E-state index contributed by atoms with van der Waals surface area (Å²) in [5, 5.41) is 0. The van der Waals surface area contributed by atoms with Crippen LogP contribution in [-0.2, 0) is 4.74 Å². The van der Waals surface area contributed by atoms with Crippen molar-refractivity contribution in [1.29, 1.82) is 0 Å². The maximum absolute atomic E-state index is 5.70. The zero-order chi connectivity index (χ0) is 7.68. The molecule has 2 aliphatic rings. The Bertz CT molecular complexity index is 138. The van der Waals surface area contributed by atoms with Crippen LogP contribution in [0.5, 0.6) is 0 Å². The molecule has 11 heavy (non-hydrogen) atoms. The van der Waals surface area contributed by atoms with Gasteiger partial charge in [-0.1, -0.05) is 6.42 Å². The Morgan fingerprint density at radius 1 is 1.27 bits per heavy atom. The number of nitrogens with two attached hydrogens (primary N) is 1. The fourth-order valence-corrected chi connectivity index (χ4v) is 2.59. The monoisotopic (exact) mass is 155 g/mol. The molecule has 1 saturated carbocycles. The first-order valence-electron chi connectivity index (χ1n) is 4.73. The highest BCUT2D eigenvalue weighted by Gasteiger charge is 2.36. The number of fused-ring (bicyclic) bond motifs is 1. The summed E-state index contributed by atoms with van der Waals surface area (Å²) in [4.78, 5) is 0. The fourth-order valence-electron chi connectivity index (χ4n) is 2.59. The minimum absolute atomic E-state index is 0.567. The van der Waals surface area contributed by atoms with Gasteiger partial charge in [-0.15, -0.1) is 0 Å². The van der Waals surface area contributed by atoms with E-state index in [1.807, 2.05) is 0 Å². The highest BCUT2D eigenvalue weighted by molar-refractivity contribution is 4.86. The topological polar surface area (TPSA) is 35.2 Å². The molecule has 0 radical (unpaired) electrons. The molecule has 3 atom stereocenters. The van der Waals surface area contributed by atoms with Gasteiger partial charge in [0.15, 0.2) is 0 Å². The highest BCUT2D eigenvalue weighted by atomic mass is 16.5. The van der Waals surface area contributed by atoms with E-state index in [0.29, 0.717) is 6.10 Å². The molecule has 0 unspecified atom stereocenters. The van der Waals surface area contributed by atoms with Gasteiger partial charge in [-0.3, -0.25) is 0 Å².